The second-order valence-electron chi connectivity index (χ2n) is 5.85. The van der Waals surface area contributed by atoms with E-state index >= 15 is 0 Å². The van der Waals surface area contributed by atoms with Crippen molar-refractivity contribution in [2.75, 3.05) is 7.11 Å². The molecule has 1 N–H and O–H groups in total. The van der Waals surface area contributed by atoms with E-state index in [0.29, 0.717) is 23.2 Å². The molecule has 112 valence electrons. The molecule has 3 rings (SSSR count). The average Bonchev–Trinajstić information content (AvgIpc) is 2.50. The molecule has 1 aromatic carbocycles. The van der Waals surface area contributed by atoms with E-state index in [1.807, 2.05) is 0 Å². The van der Waals surface area contributed by atoms with Crippen LogP contribution in [0.15, 0.2) is 29.3 Å². The summed E-state index contributed by atoms with van der Waals surface area (Å²) in [7, 11) is 1.58. The number of benzene rings is 1. The highest BCUT2D eigenvalue weighted by Gasteiger charge is 2.30. The zero-order chi connectivity index (χ0) is 14.9. The van der Waals surface area contributed by atoms with Crippen molar-refractivity contribution in [2.24, 2.45) is 0 Å². The lowest BCUT2D eigenvalue weighted by Gasteiger charge is -2.32. The zero-order valence-corrected chi connectivity index (χ0v) is 12.2. The molecule has 5 nitrogen and oxygen atoms in total. The predicted molar refractivity (Wildman–Crippen MR) is 80.6 cm³/mol. The molecular formula is C16H20N2O3. The van der Waals surface area contributed by atoms with Gasteiger partial charge in [0, 0.05) is 6.07 Å². The van der Waals surface area contributed by atoms with Crippen LogP contribution in [-0.2, 0) is 6.54 Å². The van der Waals surface area contributed by atoms with Crippen LogP contribution in [-0.4, -0.2) is 27.4 Å². The molecule has 0 radical (unpaired) electrons. The first-order valence-electron chi connectivity index (χ1n) is 7.37. The molecule has 0 unspecified atom stereocenters. The molecule has 1 heterocycles. The van der Waals surface area contributed by atoms with E-state index in [0.717, 1.165) is 32.1 Å². The molecular weight excluding hydrogens is 268 g/mol. The van der Waals surface area contributed by atoms with E-state index in [9.17, 15) is 9.90 Å². The molecule has 0 bridgehead atoms. The quantitative estimate of drug-likeness (QED) is 0.939. The highest BCUT2D eigenvalue weighted by atomic mass is 16.5. The molecule has 0 aliphatic heterocycles. The van der Waals surface area contributed by atoms with Crippen LogP contribution in [0.3, 0.4) is 0 Å². The van der Waals surface area contributed by atoms with Crippen LogP contribution in [0.4, 0.5) is 0 Å². The van der Waals surface area contributed by atoms with Crippen molar-refractivity contribution in [1.29, 1.82) is 0 Å². The maximum atomic E-state index is 12.5. The Morgan fingerprint density at radius 2 is 2.10 bits per heavy atom. The molecule has 0 amide bonds. The maximum absolute atomic E-state index is 12.5. The number of nitrogens with zero attached hydrogens (tertiary/aromatic N) is 2. The molecule has 1 aliphatic rings. The van der Waals surface area contributed by atoms with E-state index in [2.05, 4.69) is 4.98 Å². The second-order valence-corrected chi connectivity index (χ2v) is 5.85. The minimum absolute atomic E-state index is 0.110. The Bertz CT molecular complexity index is 702. The predicted octanol–water partition coefficient (Wildman–Crippen LogP) is 2.10. The summed E-state index contributed by atoms with van der Waals surface area (Å²) in [5.74, 6) is 0.679. The van der Waals surface area contributed by atoms with Gasteiger partial charge in [0.05, 0.1) is 36.5 Å². The minimum Gasteiger partial charge on any atom is -0.497 e. The Labute approximate surface area is 123 Å². The van der Waals surface area contributed by atoms with Gasteiger partial charge < -0.3 is 9.84 Å². The van der Waals surface area contributed by atoms with E-state index in [1.54, 1.807) is 25.3 Å². The third kappa shape index (κ3) is 2.78. The summed E-state index contributed by atoms with van der Waals surface area (Å²) in [6, 6.07) is 5.23. The largest absolute Gasteiger partial charge is 0.497 e. The summed E-state index contributed by atoms with van der Waals surface area (Å²) in [6.07, 6.45) is 6.22. The Morgan fingerprint density at radius 1 is 1.33 bits per heavy atom. The fourth-order valence-electron chi connectivity index (χ4n) is 3.06. The van der Waals surface area contributed by atoms with E-state index in [4.69, 9.17) is 4.74 Å². The van der Waals surface area contributed by atoms with Crippen molar-refractivity contribution in [2.45, 2.75) is 44.2 Å². The lowest BCUT2D eigenvalue weighted by molar-refractivity contribution is -0.0123. The summed E-state index contributed by atoms with van der Waals surface area (Å²) in [5, 5.41) is 11.1. The lowest BCUT2D eigenvalue weighted by atomic mass is 9.85. The molecule has 21 heavy (non-hydrogen) atoms. The third-order valence-electron chi connectivity index (χ3n) is 4.28. The van der Waals surface area contributed by atoms with Crippen LogP contribution >= 0.6 is 0 Å². The van der Waals surface area contributed by atoms with Crippen molar-refractivity contribution in [3.8, 4) is 5.75 Å². The Kier molecular flexibility index (Phi) is 3.68. The van der Waals surface area contributed by atoms with Gasteiger partial charge in [-0.25, -0.2) is 4.98 Å². The third-order valence-corrected chi connectivity index (χ3v) is 4.28. The highest BCUT2D eigenvalue weighted by Crippen LogP contribution is 2.29. The number of fused-ring (bicyclic) bond motifs is 1. The fourth-order valence-corrected chi connectivity index (χ4v) is 3.06. The average molecular weight is 288 g/mol. The zero-order valence-electron chi connectivity index (χ0n) is 12.2. The Balaban J connectivity index is 1.96. The number of hydrogen-bond donors (Lipinski definition) is 1. The number of ether oxygens (including phenoxy) is 1. The van der Waals surface area contributed by atoms with Gasteiger partial charge in [0.2, 0.25) is 0 Å². The number of rotatable bonds is 3. The van der Waals surface area contributed by atoms with Crippen LogP contribution in [0.1, 0.15) is 32.1 Å². The maximum Gasteiger partial charge on any atom is 0.261 e. The monoisotopic (exact) mass is 288 g/mol. The standard InChI is InChI=1S/C16H20N2O3/c1-21-12-5-6-13-14(9-12)17-11-18(15(13)19)10-16(20)7-3-2-4-8-16/h5-6,9,11,20H,2-4,7-8,10H2,1H3. The smallest absolute Gasteiger partial charge is 0.261 e. The van der Waals surface area contributed by atoms with Gasteiger partial charge in [-0.3, -0.25) is 9.36 Å². The van der Waals surface area contributed by atoms with Crippen LogP contribution in [0.2, 0.25) is 0 Å². The van der Waals surface area contributed by atoms with Gasteiger partial charge in [0.15, 0.2) is 0 Å². The molecule has 1 aliphatic carbocycles. The van der Waals surface area contributed by atoms with Crippen LogP contribution in [0.25, 0.3) is 10.9 Å². The molecule has 1 fully saturated rings. The molecule has 0 saturated heterocycles. The lowest BCUT2D eigenvalue weighted by Crippen LogP contribution is -2.39. The van der Waals surface area contributed by atoms with Crippen molar-refractivity contribution < 1.29 is 9.84 Å². The first kappa shape index (κ1) is 14.1. The van der Waals surface area contributed by atoms with Gasteiger partial charge in [-0.1, -0.05) is 19.3 Å². The molecule has 2 aromatic rings. The summed E-state index contributed by atoms with van der Waals surface area (Å²) >= 11 is 0. The van der Waals surface area contributed by atoms with Gasteiger partial charge in [-0.05, 0) is 25.0 Å². The minimum atomic E-state index is -0.774. The molecule has 1 saturated carbocycles. The molecule has 5 heteroatoms. The summed E-state index contributed by atoms with van der Waals surface area (Å²) in [6.45, 7) is 0.320. The topological polar surface area (TPSA) is 64.3 Å². The van der Waals surface area contributed by atoms with Crippen molar-refractivity contribution in [3.63, 3.8) is 0 Å². The van der Waals surface area contributed by atoms with Crippen molar-refractivity contribution in [3.05, 3.63) is 34.9 Å². The number of hydrogen-bond acceptors (Lipinski definition) is 4. The number of aromatic nitrogens is 2. The van der Waals surface area contributed by atoms with E-state index in [1.165, 1.54) is 10.9 Å². The number of aliphatic hydroxyl groups is 1. The van der Waals surface area contributed by atoms with E-state index in [-0.39, 0.29) is 5.56 Å². The molecule has 0 spiro atoms. The van der Waals surface area contributed by atoms with Crippen molar-refractivity contribution in [1.82, 2.24) is 9.55 Å². The Hall–Kier alpha value is -1.88. The Morgan fingerprint density at radius 3 is 2.81 bits per heavy atom. The van der Waals surface area contributed by atoms with Gasteiger partial charge >= 0.3 is 0 Å². The van der Waals surface area contributed by atoms with E-state index < -0.39 is 5.60 Å². The molecule has 0 atom stereocenters. The van der Waals surface area contributed by atoms with Crippen LogP contribution < -0.4 is 10.3 Å². The fraction of sp³-hybridized carbons (Fsp3) is 0.500. The van der Waals surface area contributed by atoms with Gasteiger partial charge in [0.1, 0.15) is 5.75 Å². The van der Waals surface area contributed by atoms with Gasteiger partial charge in [-0.15, -0.1) is 0 Å². The van der Waals surface area contributed by atoms with Crippen LogP contribution in [0, 0.1) is 0 Å². The summed E-state index contributed by atoms with van der Waals surface area (Å²) < 4.78 is 6.67. The van der Waals surface area contributed by atoms with Gasteiger partial charge in [-0.2, -0.15) is 0 Å². The summed E-state index contributed by atoms with van der Waals surface area (Å²) in [4.78, 5) is 16.8. The first-order chi connectivity index (χ1) is 10.1. The normalized spacial score (nSPS) is 17.8. The second kappa shape index (κ2) is 5.48. The molecule has 1 aromatic heterocycles. The number of methoxy groups -OCH3 is 1. The van der Waals surface area contributed by atoms with Gasteiger partial charge in [0.25, 0.3) is 5.56 Å². The van der Waals surface area contributed by atoms with Crippen LogP contribution in [0.5, 0.6) is 5.75 Å². The SMILES string of the molecule is COc1ccc2c(=O)n(CC3(O)CCCCC3)cnc2c1. The highest BCUT2D eigenvalue weighted by molar-refractivity contribution is 5.78. The first-order valence-corrected chi connectivity index (χ1v) is 7.37. The van der Waals surface area contributed by atoms with Crippen molar-refractivity contribution >= 4 is 10.9 Å². The summed E-state index contributed by atoms with van der Waals surface area (Å²) in [5.41, 5.74) is -0.267.